The van der Waals surface area contributed by atoms with Crippen LogP contribution in [0.2, 0.25) is 0 Å². The van der Waals surface area contributed by atoms with Gasteiger partial charge in [0.25, 0.3) is 0 Å². The molecule has 180 valence electrons. The number of carbonyl (C=O) groups excluding carboxylic acids is 2. The van der Waals surface area contributed by atoms with Gasteiger partial charge in [0.1, 0.15) is 0 Å². The lowest BCUT2D eigenvalue weighted by Gasteiger charge is -2.40. The minimum Gasteiger partial charge on any atom is -0.436 e. The Bertz CT molecular complexity index is 676. The van der Waals surface area contributed by atoms with Gasteiger partial charge in [0.2, 0.25) is 0 Å². The number of allylic oxidation sites excluding steroid dienone is 2. The van der Waals surface area contributed by atoms with Gasteiger partial charge < -0.3 is 18.9 Å². The van der Waals surface area contributed by atoms with Crippen molar-refractivity contribution in [1.82, 2.24) is 0 Å². The zero-order chi connectivity index (χ0) is 23.2. The van der Waals surface area contributed by atoms with E-state index in [4.69, 9.17) is 18.9 Å². The van der Waals surface area contributed by atoms with Crippen molar-refractivity contribution in [3.05, 3.63) is 12.2 Å². The van der Waals surface area contributed by atoms with E-state index >= 15 is 0 Å². The molecular weight excluding hydrogens is 408 g/mol. The summed E-state index contributed by atoms with van der Waals surface area (Å²) in [7, 11) is 0. The van der Waals surface area contributed by atoms with Crippen molar-refractivity contribution in [2.24, 2.45) is 47.3 Å². The lowest BCUT2D eigenvalue weighted by molar-refractivity contribution is -0.203. The van der Waals surface area contributed by atoms with Gasteiger partial charge in [-0.1, -0.05) is 26.0 Å². The average Bonchev–Trinajstić information content (AvgIpc) is 3.51. The molecule has 4 aliphatic rings. The number of fused-ring (bicyclic) bond motifs is 9. The van der Waals surface area contributed by atoms with Crippen molar-refractivity contribution >= 4 is 11.9 Å². The maximum atomic E-state index is 13.4. The van der Waals surface area contributed by atoms with Crippen molar-refractivity contribution in [2.45, 2.75) is 92.0 Å². The van der Waals surface area contributed by atoms with Crippen molar-refractivity contribution in [1.29, 1.82) is 0 Å². The van der Waals surface area contributed by atoms with E-state index in [2.05, 4.69) is 12.2 Å². The number of carbonyl (C=O) groups is 2. The largest absolute Gasteiger partial charge is 0.436 e. The first-order valence-corrected chi connectivity index (χ1v) is 12.6. The molecule has 0 aliphatic heterocycles. The summed E-state index contributed by atoms with van der Waals surface area (Å²) in [5.41, 5.74) is 0. The molecule has 6 heteroatoms. The number of hydrogen-bond donors (Lipinski definition) is 0. The monoisotopic (exact) mass is 448 g/mol. The maximum Gasteiger partial charge on any atom is 0.312 e. The van der Waals surface area contributed by atoms with Crippen LogP contribution in [0.4, 0.5) is 0 Å². The first-order valence-electron chi connectivity index (χ1n) is 12.6. The molecule has 0 radical (unpaired) electrons. The Morgan fingerprint density at radius 2 is 1.16 bits per heavy atom. The van der Waals surface area contributed by atoms with E-state index in [9.17, 15) is 9.59 Å². The summed E-state index contributed by atoms with van der Waals surface area (Å²) in [4.78, 5) is 26.8. The van der Waals surface area contributed by atoms with Crippen molar-refractivity contribution < 1.29 is 28.5 Å². The minimum absolute atomic E-state index is 0.0113. The first kappa shape index (κ1) is 23.7. The molecule has 4 aliphatic carbocycles. The van der Waals surface area contributed by atoms with Gasteiger partial charge in [0.05, 0.1) is 24.0 Å². The van der Waals surface area contributed by atoms with E-state index in [1.54, 1.807) is 13.8 Å². The van der Waals surface area contributed by atoms with Gasteiger partial charge in [0.15, 0.2) is 12.6 Å². The zero-order valence-electron chi connectivity index (χ0n) is 20.4. The normalized spacial score (nSPS) is 40.1. The molecule has 12 unspecified atom stereocenters. The fourth-order valence-electron chi connectivity index (χ4n) is 7.07. The van der Waals surface area contributed by atoms with Crippen LogP contribution in [0.3, 0.4) is 0 Å². The molecule has 0 amide bonds. The third-order valence-electron chi connectivity index (χ3n) is 8.53. The molecule has 0 saturated heterocycles. The van der Waals surface area contributed by atoms with Crippen LogP contribution in [0.1, 0.15) is 67.2 Å². The first-order chi connectivity index (χ1) is 15.2. The van der Waals surface area contributed by atoms with E-state index in [1.807, 2.05) is 27.7 Å². The van der Waals surface area contributed by atoms with Gasteiger partial charge in [-0.2, -0.15) is 0 Å². The summed E-state index contributed by atoms with van der Waals surface area (Å²) in [6.07, 6.45) is 7.19. The highest BCUT2D eigenvalue weighted by Gasteiger charge is 2.68. The van der Waals surface area contributed by atoms with E-state index in [0.29, 0.717) is 23.7 Å². The molecule has 32 heavy (non-hydrogen) atoms. The summed E-state index contributed by atoms with van der Waals surface area (Å²) in [5.74, 6) is 0.857. The number of esters is 2. The highest BCUT2D eigenvalue weighted by atomic mass is 16.7. The lowest BCUT2D eigenvalue weighted by Crippen LogP contribution is -2.46. The van der Waals surface area contributed by atoms with Crippen LogP contribution in [0, 0.1) is 47.3 Å². The average molecular weight is 449 g/mol. The van der Waals surface area contributed by atoms with Gasteiger partial charge in [-0.05, 0) is 88.9 Å². The summed E-state index contributed by atoms with van der Waals surface area (Å²) in [5, 5.41) is 0. The molecule has 0 aromatic carbocycles. The number of rotatable bonds is 10. The second-order valence-corrected chi connectivity index (χ2v) is 10.4. The molecule has 0 aromatic rings. The molecule has 4 rings (SSSR count). The molecule has 0 heterocycles. The predicted octanol–water partition coefficient (Wildman–Crippen LogP) is 4.72. The Morgan fingerprint density at radius 3 is 1.53 bits per heavy atom. The fraction of sp³-hybridized carbons (Fsp3) is 0.846. The van der Waals surface area contributed by atoms with Crippen LogP contribution in [0.25, 0.3) is 0 Å². The standard InChI is InChI=1S/C26H40O6/c1-7-13(3)29-15(5)31-25(27)23-19-12-20(22-18-10-9-17(11-18)21(19)22)24(23)26(28)32-16(6)30-14(4)8-2/h9-10,13-24H,7-8,11-12H2,1-6H3. The summed E-state index contributed by atoms with van der Waals surface area (Å²) >= 11 is 0. The topological polar surface area (TPSA) is 71.1 Å². The van der Waals surface area contributed by atoms with Gasteiger partial charge in [-0.15, -0.1) is 0 Å². The van der Waals surface area contributed by atoms with E-state index in [0.717, 1.165) is 25.7 Å². The van der Waals surface area contributed by atoms with Crippen LogP contribution < -0.4 is 0 Å². The third-order valence-corrected chi connectivity index (χ3v) is 8.53. The molecule has 12 atom stereocenters. The predicted molar refractivity (Wildman–Crippen MR) is 119 cm³/mol. The molecule has 0 aromatic heterocycles. The Hall–Kier alpha value is -1.40. The minimum atomic E-state index is -0.628. The Labute approximate surface area is 192 Å². The summed E-state index contributed by atoms with van der Waals surface area (Å²) in [6.45, 7) is 11.5. The highest BCUT2D eigenvalue weighted by molar-refractivity contribution is 5.84. The Morgan fingerprint density at radius 1 is 0.750 bits per heavy atom. The third kappa shape index (κ3) is 4.25. The van der Waals surface area contributed by atoms with Gasteiger partial charge in [-0.3, -0.25) is 9.59 Å². The van der Waals surface area contributed by atoms with Crippen molar-refractivity contribution in [3.63, 3.8) is 0 Å². The second kappa shape index (κ2) is 9.46. The van der Waals surface area contributed by atoms with Gasteiger partial charge in [-0.25, -0.2) is 0 Å². The van der Waals surface area contributed by atoms with Crippen LogP contribution in [-0.4, -0.2) is 36.7 Å². The van der Waals surface area contributed by atoms with E-state index in [1.165, 1.54) is 0 Å². The van der Waals surface area contributed by atoms with Crippen molar-refractivity contribution in [2.75, 3.05) is 0 Å². The number of ether oxygens (including phenoxy) is 4. The Kier molecular flexibility index (Phi) is 7.02. The van der Waals surface area contributed by atoms with Crippen LogP contribution in [0.5, 0.6) is 0 Å². The molecular formula is C26H40O6. The van der Waals surface area contributed by atoms with Gasteiger partial charge >= 0.3 is 11.9 Å². The zero-order valence-corrected chi connectivity index (χ0v) is 20.4. The summed E-state index contributed by atoms with van der Waals surface area (Å²) in [6, 6.07) is 0. The smallest absolute Gasteiger partial charge is 0.312 e. The van der Waals surface area contributed by atoms with E-state index in [-0.39, 0.29) is 36.0 Å². The Balaban J connectivity index is 1.50. The van der Waals surface area contributed by atoms with Gasteiger partial charge in [0, 0.05) is 0 Å². The lowest BCUT2D eigenvalue weighted by atomic mass is 9.65. The maximum absolute atomic E-state index is 13.4. The van der Waals surface area contributed by atoms with Crippen molar-refractivity contribution in [3.8, 4) is 0 Å². The molecule has 3 saturated carbocycles. The SMILES string of the molecule is CCC(C)OC(C)OC(=O)C1C2CC(C1C(=O)OC(C)OC(C)CC)C1C3C=CC(C3)C21. The van der Waals surface area contributed by atoms with Crippen LogP contribution >= 0.6 is 0 Å². The van der Waals surface area contributed by atoms with Crippen LogP contribution in [-0.2, 0) is 28.5 Å². The molecule has 4 bridgehead atoms. The van der Waals surface area contributed by atoms with Crippen LogP contribution in [0.15, 0.2) is 12.2 Å². The quantitative estimate of drug-likeness (QED) is 0.209. The fourth-order valence-corrected chi connectivity index (χ4v) is 7.07. The highest BCUT2D eigenvalue weighted by Crippen LogP contribution is 2.69. The summed E-state index contributed by atoms with van der Waals surface area (Å²) < 4.78 is 23.0. The second-order valence-electron chi connectivity index (χ2n) is 10.4. The molecule has 0 N–H and O–H groups in total. The molecule has 3 fully saturated rings. The molecule has 6 nitrogen and oxygen atoms in total. The number of hydrogen-bond acceptors (Lipinski definition) is 6. The van der Waals surface area contributed by atoms with E-state index < -0.39 is 24.4 Å². The molecule has 0 spiro atoms.